The molecule has 3 nitrogen and oxygen atoms in total. The summed E-state index contributed by atoms with van der Waals surface area (Å²) in [5, 5.41) is 10.5. The van der Waals surface area contributed by atoms with Crippen molar-refractivity contribution in [3.05, 3.63) is 41.5 Å². The normalized spacial score (nSPS) is 11.4. The fourth-order valence-electron chi connectivity index (χ4n) is 2.75. The van der Waals surface area contributed by atoms with Gasteiger partial charge in [0.05, 0.1) is 0 Å². The molecule has 0 aliphatic rings. The average molecular weight is 304 g/mol. The number of benzene rings is 1. The Bertz CT molecular complexity index is 463. The van der Waals surface area contributed by atoms with Crippen LogP contribution in [-0.2, 0) is 19.5 Å². The van der Waals surface area contributed by atoms with Crippen LogP contribution in [0.3, 0.4) is 0 Å². The summed E-state index contributed by atoms with van der Waals surface area (Å²) >= 11 is 0. The first-order chi connectivity index (χ1) is 10.6. The molecule has 0 fully saturated rings. The molecule has 0 aliphatic heterocycles. The lowest BCUT2D eigenvalue weighted by Gasteiger charge is -2.22. The molecule has 22 heavy (non-hydrogen) atoms. The van der Waals surface area contributed by atoms with Crippen LogP contribution in [0.1, 0.15) is 44.4 Å². The van der Waals surface area contributed by atoms with Crippen LogP contribution in [0.15, 0.2) is 24.8 Å². The third-order valence-corrected chi connectivity index (χ3v) is 4.28. The zero-order valence-corrected chi connectivity index (χ0v) is 14.7. The van der Waals surface area contributed by atoms with Crippen molar-refractivity contribution in [1.82, 2.24) is 9.80 Å². The first-order valence-electron chi connectivity index (χ1n) is 8.48. The molecule has 0 saturated heterocycles. The second-order valence-electron chi connectivity index (χ2n) is 5.68. The lowest BCUT2D eigenvalue weighted by atomic mass is 10.0. The molecule has 0 aromatic heterocycles. The molecular formula is C19H32N2O. The van der Waals surface area contributed by atoms with E-state index in [1.165, 1.54) is 5.56 Å². The summed E-state index contributed by atoms with van der Waals surface area (Å²) in [6, 6.07) is 4.29. The average Bonchev–Trinajstić information content (AvgIpc) is 2.54. The van der Waals surface area contributed by atoms with Crippen LogP contribution in [0.25, 0.3) is 0 Å². The van der Waals surface area contributed by atoms with Gasteiger partial charge in [-0.15, -0.1) is 6.58 Å². The lowest BCUT2D eigenvalue weighted by molar-refractivity contribution is 0.287. The van der Waals surface area contributed by atoms with Crippen molar-refractivity contribution >= 4 is 0 Å². The highest BCUT2D eigenvalue weighted by Gasteiger charge is 2.13. The van der Waals surface area contributed by atoms with E-state index in [1.54, 1.807) is 0 Å². The molecule has 1 aromatic carbocycles. The highest BCUT2D eigenvalue weighted by atomic mass is 16.3. The Labute approximate surface area is 136 Å². The lowest BCUT2D eigenvalue weighted by Crippen LogP contribution is -2.24. The minimum Gasteiger partial charge on any atom is -0.507 e. The van der Waals surface area contributed by atoms with Gasteiger partial charge in [-0.2, -0.15) is 0 Å². The molecule has 0 atom stereocenters. The van der Waals surface area contributed by atoms with Crippen molar-refractivity contribution in [3.63, 3.8) is 0 Å². The first-order valence-corrected chi connectivity index (χ1v) is 8.48. The summed E-state index contributed by atoms with van der Waals surface area (Å²) in [7, 11) is 0. The Morgan fingerprint density at radius 3 is 1.91 bits per heavy atom. The fourth-order valence-corrected chi connectivity index (χ4v) is 2.75. The van der Waals surface area contributed by atoms with Gasteiger partial charge in [0.25, 0.3) is 0 Å². The van der Waals surface area contributed by atoms with Gasteiger partial charge in [-0.3, -0.25) is 9.80 Å². The van der Waals surface area contributed by atoms with Crippen LogP contribution in [-0.4, -0.2) is 41.1 Å². The van der Waals surface area contributed by atoms with E-state index >= 15 is 0 Å². The number of aromatic hydroxyl groups is 1. The van der Waals surface area contributed by atoms with Gasteiger partial charge in [-0.1, -0.05) is 39.8 Å². The summed E-state index contributed by atoms with van der Waals surface area (Å²) < 4.78 is 0. The predicted molar refractivity (Wildman–Crippen MR) is 95.3 cm³/mol. The highest BCUT2D eigenvalue weighted by molar-refractivity contribution is 5.44. The van der Waals surface area contributed by atoms with Crippen molar-refractivity contribution in [2.45, 2.75) is 47.2 Å². The third-order valence-electron chi connectivity index (χ3n) is 4.28. The summed E-state index contributed by atoms with van der Waals surface area (Å²) in [6.45, 7) is 18.3. The SMILES string of the molecule is C=CCc1cc(CN(CC)CC)cc(CN(CC)CC)c1O. The fraction of sp³-hybridized carbons (Fsp3) is 0.579. The third kappa shape index (κ3) is 5.15. The molecule has 0 saturated carbocycles. The maximum Gasteiger partial charge on any atom is 0.123 e. The molecule has 0 heterocycles. The van der Waals surface area contributed by atoms with Crippen LogP contribution in [0.2, 0.25) is 0 Å². The molecular weight excluding hydrogens is 272 g/mol. The van der Waals surface area contributed by atoms with E-state index in [0.29, 0.717) is 12.2 Å². The molecule has 0 aliphatic carbocycles. The molecule has 1 rings (SSSR count). The molecule has 0 spiro atoms. The Hall–Kier alpha value is -1.32. The van der Waals surface area contributed by atoms with Gasteiger partial charge in [0.15, 0.2) is 0 Å². The van der Waals surface area contributed by atoms with E-state index in [-0.39, 0.29) is 0 Å². The van der Waals surface area contributed by atoms with Crippen LogP contribution in [0.5, 0.6) is 5.75 Å². The van der Waals surface area contributed by atoms with E-state index in [4.69, 9.17) is 0 Å². The highest BCUT2D eigenvalue weighted by Crippen LogP contribution is 2.27. The second kappa shape index (κ2) is 9.65. The summed E-state index contributed by atoms with van der Waals surface area (Å²) in [6.07, 6.45) is 2.57. The van der Waals surface area contributed by atoms with Gasteiger partial charge in [0.1, 0.15) is 5.75 Å². The number of nitrogens with zero attached hydrogens (tertiary/aromatic N) is 2. The molecule has 0 bridgehead atoms. The summed E-state index contributed by atoms with van der Waals surface area (Å²) in [5.74, 6) is 0.440. The number of phenols is 1. The number of hydrogen-bond acceptors (Lipinski definition) is 3. The van der Waals surface area contributed by atoms with Gasteiger partial charge >= 0.3 is 0 Å². The van der Waals surface area contributed by atoms with Gasteiger partial charge in [0, 0.05) is 18.7 Å². The van der Waals surface area contributed by atoms with Crippen molar-refractivity contribution in [3.8, 4) is 5.75 Å². The molecule has 124 valence electrons. The quantitative estimate of drug-likeness (QED) is 0.666. The van der Waals surface area contributed by atoms with Crippen molar-refractivity contribution < 1.29 is 5.11 Å². The molecule has 1 N–H and O–H groups in total. The van der Waals surface area contributed by atoms with Gasteiger partial charge in [0.2, 0.25) is 0 Å². The van der Waals surface area contributed by atoms with Crippen LogP contribution >= 0.6 is 0 Å². The molecule has 1 aromatic rings. The van der Waals surface area contributed by atoms with E-state index < -0.39 is 0 Å². The zero-order chi connectivity index (χ0) is 16.5. The van der Waals surface area contributed by atoms with Crippen molar-refractivity contribution in [1.29, 1.82) is 0 Å². The number of allylic oxidation sites excluding steroid dienone is 1. The predicted octanol–water partition coefficient (Wildman–Crippen LogP) is 3.80. The van der Waals surface area contributed by atoms with Crippen LogP contribution in [0.4, 0.5) is 0 Å². The van der Waals surface area contributed by atoms with Crippen LogP contribution in [0, 0.1) is 0 Å². The smallest absolute Gasteiger partial charge is 0.123 e. The van der Waals surface area contributed by atoms with Gasteiger partial charge < -0.3 is 5.11 Å². The van der Waals surface area contributed by atoms with Gasteiger partial charge in [-0.25, -0.2) is 0 Å². The number of rotatable bonds is 10. The molecule has 0 radical (unpaired) electrons. The van der Waals surface area contributed by atoms with Crippen molar-refractivity contribution in [2.24, 2.45) is 0 Å². The number of hydrogen-bond donors (Lipinski definition) is 1. The monoisotopic (exact) mass is 304 g/mol. The summed E-state index contributed by atoms with van der Waals surface area (Å²) in [5.41, 5.74) is 3.30. The topological polar surface area (TPSA) is 26.7 Å². The molecule has 3 heteroatoms. The Balaban J connectivity index is 3.12. The van der Waals surface area contributed by atoms with Crippen molar-refractivity contribution in [2.75, 3.05) is 26.2 Å². The Kier molecular flexibility index (Phi) is 8.21. The maximum atomic E-state index is 10.5. The minimum absolute atomic E-state index is 0.440. The Morgan fingerprint density at radius 2 is 1.41 bits per heavy atom. The summed E-state index contributed by atoms with van der Waals surface area (Å²) in [4.78, 5) is 4.72. The largest absolute Gasteiger partial charge is 0.507 e. The second-order valence-corrected chi connectivity index (χ2v) is 5.68. The first kappa shape index (κ1) is 18.7. The van der Waals surface area contributed by atoms with Crippen LogP contribution < -0.4 is 0 Å². The van der Waals surface area contributed by atoms with E-state index in [2.05, 4.69) is 56.2 Å². The molecule has 0 amide bonds. The van der Waals surface area contributed by atoms with E-state index in [9.17, 15) is 5.11 Å². The van der Waals surface area contributed by atoms with E-state index in [0.717, 1.165) is 50.4 Å². The molecule has 0 unspecified atom stereocenters. The van der Waals surface area contributed by atoms with E-state index in [1.807, 2.05) is 6.08 Å². The standard InChI is InChI=1S/C19H32N2O/c1-6-11-17-12-16(14-20(7-2)8-3)13-18(19(17)22)15-21(9-4)10-5/h6,12-13,22H,1,7-11,14-15H2,2-5H3. The van der Waals surface area contributed by atoms with Gasteiger partial charge in [-0.05, 0) is 49.8 Å². The minimum atomic E-state index is 0.440. The maximum absolute atomic E-state index is 10.5. The Morgan fingerprint density at radius 1 is 0.909 bits per heavy atom. The zero-order valence-electron chi connectivity index (χ0n) is 14.7. The number of phenolic OH excluding ortho intramolecular Hbond substituents is 1.